The molecule has 0 amide bonds. The molecule has 0 saturated heterocycles. The van der Waals surface area contributed by atoms with Crippen LogP contribution >= 0.6 is 0 Å². The highest BCUT2D eigenvalue weighted by Crippen LogP contribution is 2.05. The average Bonchev–Trinajstić information content (AvgIpc) is 2.83. The fraction of sp³-hybridized carbons (Fsp3) is 0.400. The predicted octanol–water partition coefficient (Wildman–Crippen LogP) is 1.76. The molecule has 0 aliphatic rings. The van der Waals surface area contributed by atoms with E-state index in [-0.39, 0.29) is 6.61 Å². The Hall–Kier alpha value is -1.65. The van der Waals surface area contributed by atoms with Gasteiger partial charge in [-0.05, 0) is 18.9 Å². The molecule has 0 atom stereocenters. The molecule has 102 valence electrons. The molecule has 2 rings (SSSR count). The molecule has 1 aromatic carbocycles. The summed E-state index contributed by atoms with van der Waals surface area (Å²) in [6.07, 6.45) is 2.86. The van der Waals surface area contributed by atoms with Gasteiger partial charge in [-0.1, -0.05) is 30.3 Å². The third-order valence-corrected chi connectivity index (χ3v) is 3.13. The zero-order chi connectivity index (χ0) is 13.5. The van der Waals surface area contributed by atoms with Crippen molar-refractivity contribution < 1.29 is 5.11 Å². The highest BCUT2D eigenvalue weighted by Gasteiger charge is 2.07. The van der Waals surface area contributed by atoms with Crippen LogP contribution in [0, 0.1) is 6.92 Å². The van der Waals surface area contributed by atoms with Gasteiger partial charge in [0.2, 0.25) is 0 Å². The molecule has 2 N–H and O–H groups in total. The third-order valence-electron chi connectivity index (χ3n) is 3.13. The number of nitrogens with zero attached hydrogens (tertiary/aromatic N) is 2. The number of aromatic nitrogens is 2. The summed E-state index contributed by atoms with van der Waals surface area (Å²) in [6, 6.07) is 10.4. The lowest BCUT2D eigenvalue weighted by molar-refractivity contribution is 0.190. The lowest BCUT2D eigenvalue weighted by Gasteiger charge is -2.20. The van der Waals surface area contributed by atoms with E-state index in [9.17, 15) is 0 Å². The van der Waals surface area contributed by atoms with E-state index >= 15 is 0 Å². The zero-order valence-electron chi connectivity index (χ0n) is 11.3. The smallest absolute Gasteiger partial charge is 0.103 e. The van der Waals surface area contributed by atoms with Crippen molar-refractivity contribution in [3.8, 4) is 0 Å². The van der Waals surface area contributed by atoms with Crippen LogP contribution in [0.25, 0.3) is 0 Å². The normalized spacial score (nSPS) is 11.1. The SMILES string of the molecule is Cc1ncc(CN(CCO)CCc2ccccc2)[nH]1. The second kappa shape index (κ2) is 7.07. The number of imidazole rings is 1. The summed E-state index contributed by atoms with van der Waals surface area (Å²) in [4.78, 5) is 9.67. The van der Waals surface area contributed by atoms with Gasteiger partial charge in [-0.3, -0.25) is 4.90 Å². The number of aryl methyl sites for hydroxylation is 1. The van der Waals surface area contributed by atoms with E-state index in [0.717, 1.165) is 31.0 Å². The Kier molecular flexibility index (Phi) is 5.12. The standard InChI is InChI=1S/C15H21N3O/c1-13-16-11-15(17-13)12-18(9-10-19)8-7-14-5-3-2-4-6-14/h2-6,11,19H,7-10,12H2,1H3,(H,16,17). The first-order valence-corrected chi connectivity index (χ1v) is 6.65. The summed E-state index contributed by atoms with van der Waals surface area (Å²) in [5, 5.41) is 9.15. The molecule has 0 unspecified atom stereocenters. The molecule has 4 nitrogen and oxygen atoms in total. The molecular formula is C15H21N3O. The average molecular weight is 259 g/mol. The lowest BCUT2D eigenvalue weighted by Crippen LogP contribution is -2.28. The number of benzene rings is 1. The Labute approximate surface area is 114 Å². The molecule has 0 fully saturated rings. The van der Waals surface area contributed by atoms with Gasteiger partial charge in [0.05, 0.1) is 6.61 Å². The summed E-state index contributed by atoms with van der Waals surface area (Å²) in [5.74, 6) is 0.932. The van der Waals surface area contributed by atoms with Crippen LogP contribution in [-0.2, 0) is 13.0 Å². The van der Waals surface area contributed by atoms with Crippen LogP contribution in [0.1, 0.15) is 17.1 Å². The highest BCUT2D eigenvalue weighted by atomic mass is 16.3. The molecule has 0 aliphatic heterocycles. The largest absolute Gasteiger partial charge is 0.395 e. The minimum atomic E-state index is 0.182. The lowest BCUT2D eigenvalue weighted by atomic mass is 10.1. The molecular weight excluding hydrogens is 238 g/mol. The van der Waals surface area contributed by atoms with Gasteiger partial charge in [-0.15, -0.1) is 0 Å². The second-order valence-electron chi connectivity index (χ2n) is 4.73. The van der Waals surface area contributed by atoms with E-state index in [1.807, 2.05) is 19.2 Å². The van der Waals surface area contributed by atoms with Crippen LogP contribution in [0.3, 0.4) is 0 Å². The summed E-state index contributed by atoms with van der Waals surface area (Å²) in [7, 11) is 0. The van der Waals surface area contributed by atoms with Crippen molar-refractivity contribution in [3.05, 3.63) is 53.6 Å². The van der Waals surface area contributed by atoms with Gasteiger partial charge in [0.15, 0.2) is 0 Å². The maximum Gasteiger partial charge on any atom is 0.103 e. The molecule has 1 aromatic heterocycles. The summed E-state index contributed by atoms with van der Waals surface area (Å²) in [5.41, 5.74) is 2.42. The Balaban J connectivity index is 1.89. The van der Waals surface area contributed by atoms with Crippen molar-refractivity contribution in [1.82, 2.24) is 14.9 Å². The highest BCUT2D eigenvalue weighted by molar-refractivity contribution is 5.14. The van der Waals surface area contributed by atoms with E-state index in [2.05, 4.69) is 39.1 Å². The summed E-state index contributed by atoms with van der Waals surface area (Å²) >= 11 is 0. The van der Waals surface area contributed by atoms with Gasteiger partial charge in [0.1, 0.15) is 5.82 Å². The third kappa shape index (κ3) is 4.50. The van der Waals surface area contributed by atoms with Crippen molar-refractivity contribution in [1.29, 1.82) is 0 Å². The van der Waals surface area contributed by atoms with Gasteiger partial charge in [-0.2, -0.15) is 0 Å². The van der Waals surface area contributed by atoms with Crippen molar-refractivity contribution >= 4 is 0 Å². The monoisotopic (exact) mass is 259 g/mol. The van der Waals surface area contributed by atoms with Crippen molar-refractivity contribution in [2.24, 2.45) is 0 Å². The molecule has 19 heavy (non-hydrogen) atoms. The summed E-state index contributed by atoms with van der Waals surface area (Å²) < 4.78 is 0. The molecule has 4 heteroatoms. The molecule has 0 spiro atoms. The van der Waals surface area contributed by atoms with Crippen LogP contribution in [-0.4, -0.2) is 39.7 Å². The number of H-pyrrole nitrogens is 1. The van der Waals surface area contributed by atoms with Crippen molar-refractivity contribution in [2.75, 3.05) is 19.7 Å². The van der Waals surface area contributed by atoms with Gasteiger partial charge in [-0.25, -0.2) is 4.98 Å². The number of nitrogens with one attached hydrogen (secondary N) is 1. The van der Waals surface area contributed by atoms with Crippen LogP contribution in [0.5, 0.6) is 0 Å². The molecule has 2 aromatic rings. The van der Waals surface area contributed by atoms with Crippen molar-refractivity contribution in [3.63, 3.8) is 0 Å². The van der Waals surface area contributed by atoms with E-state index in [1.54, 1.807) is 0 Å². The first kappa shape index (κ1) is 13.8. The topological polar surface area (TPSA) is 52.1 Å². The number of aliphatic hydroxyl groups is 1. The maximum absolute atomic E-state index is 9.15. The summed E-state index contributed by atoms with van der Waals surface area (Å²) in [6.45, 7) is 4.55. The molecule has 0 saturated carbocycles. The second-order valence-corrected chi connectivity index (χ2v) is 4.73. The number of aliphatic hydroxyl groups excluding tert-OH is 1. The Morgan fingerprint density at radius 3 is 2.63 bits per heavy atom. The number of hydrogen-bond donors (Lipinski definition) is 2. The first-order valence-electron chi connectivity index (χ1n) is 6.65. The first-order chi connectivity index (χ1) is 9.28. The van der Waals surface area contributed by atoms with Gasteiger partial charge in [0, 0.05) is 31.5 Å². The molecule has 0 bridgehead atoms. The van der Waals surface area contributed by atoms with Crippen LogP contribution in [0.2, 0.25) is 0 Å². The minimum Gasteiger partial charge on any atom is -0.395 e. The van der Waals surface area contributed by atoms with Gasteiger partial charge in [0.25, 0.3) is 0 Å². The Morgan fingerprint density at radius 1 is 1.21 bits per heavy atom. The quantitative estimate of drug-likeness (QED) is 0.796. The van der Waals surface area contributed by atoms with Gasteiger partial charge >= 0.3 is 0 Å². The molecule has 0 radical (unpaired) electrons. The van der Waals surface area contributed by atoms with Gasteiger partial charge < -0.3 is 10.1 Å². The van der Waals surface area contributed by atoms with Crippen LogP contribution in [0.15, 0.2) is 36.5 Å². The maximum atomic E-state index is 9.15. The van der Waals surface area contributed by atoms with E-state index < -0.39 is 0 Å². The Morgan fingerprint density at radius 2 is 2.00 bits per heavy atom. The van der Waals surface area contributed by atoms with Crippen LogP contribution in [0.4, 0.5) is 0 Å². The number of aromatic amines is 1. The zero-order valence-corrected chi connectivity index (χ0v) is 11.3. The van der Waals surface area contributed by atoms with E-state index in [1.165, 1.54) is 5.56 Å². The molecule has 0 aliphatic carbocycles. The van der Waals surface area contributed by atoms with Crippen molar-refractivity contribution in [2.45, 2.75) is 19.9 Å². The predicted molar refractivity (Wildman–Crippen MR) is 75.8 cm³/mol. The fourth-order valence-corrected chi connectivity index (χ4v) is 2.14. The fourth-order valence-electron chi connectivity index (χ4n) is 2.14. The minimum absolute atomic E-state index is 0.182. The van der Waals surface area contributed by atoms with Crippen LogP contribution < -0.4 is 0 Å². The molecule has 1 heterocycles. The van der Waals surface area contributed by atoms with E-state index in [0.29, 0.717) is 6.54 Å². The van der Waals surface area contributed by atoms with E-state index in [4.69, 9.17) is 5.11 Å². The number of hydrogen-bond acceptors (Lipinski definition) is 3. The Bertz CT molecular complexity index is 481. The number of rotatable bonds is 7.